The van der Waals surface area contributed by atoms with Crippen LogP contribution in [0.15, 0.2) is 15.9 Å². The van der Waals surface area contributed by atoms with E-state index in [2.05, 4.69) is 9.99 Å². The number of piperidine rings is 1. The number of rotatable bonds is 1. The van der Waals surface area contributed by atoms with E-state index in [1.807, 2.05) is 0 Å². The highest BCUT2D eigenvalue weighted by Crippen LogP contribution is 2.12. The molecule has 0 radical (unpaired) electrons. The van der Waals surface area contributed by atoms with Crippen LogP contribution in [0.5, 0.6) is 0 Å². The molecule has 3 rings (SSSR count). The van der Waals surface area contributed by atoms with E-state index in [-0.39, 0.29) is 11.2 Å². The molecule has 0 atom stereocenters. The van der Waals surface area contributed by atoms with Gasteiger partial charge in [0.15, 0.2) is 11.2 Å². The second kappa shape index (κ2) is 4.25. The van der Waals surface area contributed by atoms with Crippen molar-refractivity contribution >= 4 is 11.2 Å². The summed E-state index contributed by atoms with van der Waals surface area (Å²) in [5.41, 5.74) is 0.285. The summed E-state index contributed by atoms with van der Waals surface area (Å²) in [5, 5.41) is 2.12. The third-order valence-electron chi connectivity index (χ3n) is 3.77. The first-order valence-corrected chi connectivity index (χ1v) is 6.49. The smallest absolute Gasteiger partial charge is 0.311 e. The Labute approximate surface area is 109 Å². The van der Waals surface area contributed by atoms with Crippen LogP contribution in [0.2, 0.25) is 0 Å². The van der Waals surface area contributed by atoms with E-state index in [1.165, 1.54) is 18.0 Å². The fraction of sp³-hybridized carbons (Fsp3) is 0.583. The summed E-state index contributed by atoms with van der Waals surface area (Å²) in [6.45, 7) is 1.83. The molecule has 1 aliphatic heterocycles. The number of imidazole rings is 1. The van der Waals surface area contributed by atoms with E-state index in [0.717, 1.165) is 30.5 Å². The Morgan fingerprint density at radius 3 is 2.42 bits per heavy atom. The molecule has 1 saturated heterocycles. The molecule has 0 N–H and O–H groups in total. The molecular weight excluding hydrogens is 246 g/mol. The molecule has 7 nitrogen and oxygen atoms in total. The number of hydrogen-bond donors (Lipinski definition) is 0. The summed E-state index contributed by atoms with van der Waals surface area (Å²) in [5.74, 6) is 0. The van der Waals surface area contributed by atoms with Crippen LogP contribution < -0.4 is 16.3 Å². The largest absolute Gasteiger partial charge is 0.332 e. The number of aryl methyl sites for hydroxylation is 1. The zero-order chi connectivity index (χ0) is 13.6. The molecule has 102 valence electrons. The maximum Gasteiger partial charge on any atom is 0.332 e. The summed E-state index contributed by atoms with van der Waals surface area (Å²) < 4.78 is 4.35. The van der Waals surface area contributed by atoms with E-state index in [0.29, 0.717) is 11.2 Å². The van der Waals surface area contributed by atoms with Crippen LogP contribution in [0.3, 0.4) is 0 Å². The Bertz CT molecular complexity index is 733. The van der Waals surface area contributed by atoms with Gasteiger partial charge in [-0.25, -0.2) is 14.5 Å². The van der Waals surface area contributed by atoms with Gasteiger partial charge in [-0.1, -0.05) is 0 Å². The second-order valence-electron chi connectivity index (χ2n) is 4.98. The monoisotopic (exact) mass is 263 g/mol. The highest BCUT2D eigenvalue weighted by molar-refractivity contribution is 5.70. The third-order valence-corrected chi connectivity index (χ3v) is 3.77. The molecule has 1 aliphatic rings. The normalized spacial score (nSPS) is 16.2. The van der Waals surface area contributed by atoms with Crippen LogP contribution in [0.25, 0.3) is 11.2 Å². The van der Waals surface area contributed by atoms with Gasteiger partial charge in [0.2, 0.25) is 0 Å². The van der Waals surface area contributed by atoms with Crippen molar-refractivity contribution in [2.45, 2.75) is 19.3 Å². The van der Waals surface area contributed by atoms with Gasteiger partial charge in [-0.2, -0.15) is 0 Å². The maximum atomic E-state index is 12.3. The summed E-state index contributed by atoms with van der Waals surface area (Å²) in [4.78, 5) is 28.4. The van der Waals surface area contributed by atoms with Crippen molar-refractivity contribution < 1.29 is 0 Å². The Morgan fingerprint density at radius 2 is 1.74 bits per heavy atom. The third kappa shape index (κ3) is 1.68. The minimum absolute atomic E-state index is 0.291. The number of nitrogens with zero attached hydrogens (tertiary/aromatic N) is 5. The first kappa shape index (κ1) is 12.0. The minimum Gasteiger partial charge on any atom is -0.311 e. The molecule has 0 saturated carbocycles. The van der Waals surface area contributed by atoms with Gasteiger partial charge in [0.1, 0.15) is 6.33 Å². The van der Waals surface area contributed by atoms with E-state index < -0.39 is 0 Å². The van der Waals surface area contributed by atoms with Crippen molar-refractivity contribution in [1.29, 1.82) is 0 Å². The standard InChI is InChI=1S/C12H17N5O2/c1-14-10-9(11(18)15(2)12(14)19)17(8-13-10)16-6-4-3-5-7-16/h8H,3-7H2,1-2H3. The molecule has 0 amide bonds. The van der Waals surface area contributed by atoms with Crippen molar-refractivity contribution in [3.05, 3.63) is 27.2 Å². The molecule has 3 heterocycles. The van der Waals surface area contributed by atoms with Crippen LogP contribution >= 0.6 is 0 Å². The molecule has 0 aliphatic carbocycles. The summed E-state index contributed by atoms with van der Waals surface area (Å²) >= 11 is 0. The predicted molar refractivity (Wildman–Crippen MR) is 72.0 cm³/mol. The van der Waals surface area contributed by atoms with Crippen molar-refractivity contribution in [1.82, 2.24) is 18.8 Å². The first-order chi connectivity index (χ1) is 9.11. The van der Waals surface area contributed by atoms with Crippen LogP contribution in [-0.2, 0) is 14.1 Å². The molecule has 19 heavy (non-hydrogen) atoms. The number of fused-ring (bicyclic) bond motifs is 1. The van der Waals surface area contributed by atoms with E-state index in [4.69, 9.17) is 0 Å². The molecule has 0 aromatic carbocycles. The molecule has 2 aromatic rings. The van der Waals surface area contributed by atoms with Crippen molar-refractivity contribution in [3.8, 4) is 0 Å². The van der Waals surface area contributed by atoms with E-state index in [1.54, 1.807) is 18.1 Å². The lowest BCUT2D eigenvalue weighted by atomic mass is 10.2. The highest BCUT2D eigenvalue weighted by atomic mass is 16.2. The van der Waals surface area contributed by atoms with Gasteiger partial charge in [0.05, 0.1) is 0 Å². The molecule has 2 aromatic heterocycles. The van der Waals surface area contributed by atoms with Crippen LogP contribution in [0.4, 0.5) is 0 Å². The molecule has 0 unspecified atom stereocenters. The zero-order valence-electron chi connectivity index (χ0n) is 11.2. The zero-order valence-corrected chi connectivity index (χ0v) is 11.2. The Kier molecular flexibility index (Phi) is 2.69. The van der Waals surface area contributed by atoms with Crippen LogP contribution in [0, 0.1) is 0 Å². The second-order valence-corrected chi connectivity index (χ2v) is 4.98. The minimum atomic E-state index is -0.346. The summed E-state index contributed by atoms with van der Waals surface area (Å²) in [6.07, 6.45) is 5.09. The molecule has 0 bridgehead atoms. The average Bonchev–Trinajstić information content (AvgIpc) is 2.88. The van der Waals surface area contributed by atoms with Gasteiger partial charge >= 0.3 is 5.69 Å². The van der Waals surface area contributed by atoms with Gasteiger partial charge < -0.3 is 5.01 Å². The summed E-state index contributed by atoms with van der Waals surface area (Å²) in [7, 11) is 3.13. The molecule has 1 fully saturated rings. The summed E-state index contributed by atoms with van der Waals surface area (Å²) in [6, 6.07) is 0. The average molecular weight is 263 g/mol. The lowest BCUT2D eigenvalue weighted by Crippen LogP contribution is -2.42. The fourth-order valence-corrected chi connectivity index (χ4v) is 2.64. The highest BCUT2D eigenvalue weighted by Gasteiger charge is 2.18. The quantitative estimate of drug-likeness (QED) is 0.699. The van der Waals surface area contributed by atoms with Crippen molar-refractivity contribution in [2.24, 2.45) is 14.1 Å². The number of hydrogen-bond acceptors (Lipinski definition) is 4. The van der Waals surface area contributed by atoms with Crippen LogP contribution in [0.1, 0.15) is 19.3 Å². The molecular formula is C12H17N5O2. The molecule has 7 heteroatoms. The Hall–Kier alpha value is -2.05. The van der Waals surface area contributed by atoms with Crippen molar-refractivity contribution in [2.75, 3.05) is 18.1 Å². The topological polar surface area (TPSA) is 65.1 Å². The molecule has 0 spiro atoms. The van der Waals surface area contributed by atoms with E-state index >= 15 is 0 Å². The fourth-order valence-electron chi connectivity index (χ4n) is 2.64. The van der Waals surface area contributed by atoms with Gasteiger partial charge in [-0.15, -0.1) is 0 Å². The lowest BCUT2D eigenvalue weighted by molar-refractivity contribution is 0.484. The Balaban J connectivity index is 2.28. The lowest BCUT2D eigenvalue weighted by Gasteiger charge is -2.29. The SMILES string of the molecule is Cn1c(=O)c2c(ncn2N2CCCCC2)n(C)c1=O. The van der Waals surface area contributed by atoms with Crippen molar-refractivity contribution in [3.63, 3.8) is 0 Å². The first-order valence-electron chi connectivity index (χ1n) is 6.49. The number of aromatic nitrogens is 4. The van der Waals surface area contributed by atoms with Gasteiger partial charge in [-0.3, -0.25) is 13.9 Å². The predicted octanol–water partition coefficient (Wildman–Crippen LogP) is -0.444. The van der Waals surface area contributed by atoms with E-state index in [9.17, 15) is 9.59 Å². The van der Waals surface area contributed by atoms with Gasteiger partial charge in [0.25, 0.3) is 5.56 Å². The maximum absolute atomic E-state index is 12.3. The van der Waals surface area contributed by atoms with Crippen LogP contribution in [-0.4, -0.2) is 31.9 Å². The van der Waals surface area contributed by atoms with Gasteiger partial charge in [-0.05, 0) is 19.3 Å². The van der Waals surface area contributed by atoms with Gasteiger partial charge in [0, 0.05) is 27.2 Å². The Morgan fingerprint density at radius 1 is 1.05 bits per heavy atom.